The lowest BCUT2D eigenvalue weighted by Gasteiger charge is -2.15. The van der Waals surface area contributed by atoms with Crippen LogP contribution in [-0.4, -0.2) is 17.2 Å². The quantitative estimate of drug-likeness (QED) is 0.906. The molecule has 1 N–H and O–H groups in total. The molecule has 1 aromatic carbocycles. The van der Waals surface area contributed by atoms with E-state index >= 15 is 0 Å². The number of ether oxygens (including phenoxy) is 1. The van der Waals surface area contributed by atoms with Gasteiger partial charge >= 0.3 is 5.97 Å². The molecule has 18 heavy (non-hydrogen) atoms. The predicted molar refractivity (Wildman–Crippen MR) is 70.2 cm³/mol. The van der Waals surface area contributed by atoms with Gasteiger partial charge in [-0.05, 0) is 55.9 Å². The highest BCUT2D eigenvalue weighted by Gasteiger charge is 2.27. The van der Waals surface area contributed by atoms with Gasteiger partial charge in [0, 0.05) is 11.4 Å². The van der Waals surface area contributed by atoms with Crippen molar-refractivity contribution in [3.05, 3.63) is 28.8 Å². The maximum atomic E-state index is 10.7. The van der Waals surface area contributed by atoms with Gasteiger partial charge in [0.2, 0.25) is 0 Å². The fourth-order valence-electron chi connectivity index (χ4n) is 2.49. The molecule has 2 rings (SSSR count). The number of aryl methyl sites for hydroxylation is 1. The summed E-state index contributed by atoms with van der Waals surface area (Å²) in [5, 5.41) is 9.47. The normalized spacial score (nSPS) is 23.0. The summed E-state index contributed by atoms with van der Waals surface area (Å²) in [4.78, 5) is 10.7. The molecule has 1 saturated carbocycles. The Morgan fingerprint density at radius 3 is 2.94 bits per heavy atom. The predicted octanol–water partition coefficient (Wildman–Crippen LogP) is 3.67. The Bertz CT molecular complexity index is 445. The van der Waals surface area contributed by atoms with E-state index in [2.05, 4.69) is 0 Å². The fourth-order valence-corrected chi connectivity index (χ4v) is 2.72. The van der Waals surface area contributed by atoms with Gasteiger partial charge < -0.3 is 9.84 Å². The maximum Gasteiger partial charge on any atom is 0.303 e. The van der Waals surface area contributed by atoms with Gasteiger partial charge in [0.25, 0.3) is 0 Å². The van der Waals surface area contributed by atoms with Gasteiger partial charge in [0.05, 0.1) is 6.10 Å². The molecule has 0 saturated heterocycles. The molecule has 0 bridgehead atoms. The first kappa shape index (κ1) is 13.2. The van der Waals surface area contributed by atoms with Crippen molar-refractivity contribution in [2.24, 2.45) is 5.92 Å². The summed E-state index contributed by atoms with van der Waals surface area (Å²) in [5.41, 5.74) is 1.02. The molecule has 1 aliphatic rings. The number of benzene rings is 1. The first-order valence-corrected chi connectivity index (χ1v) is 6.57. The molecule has 3 nitrogen and oxygen atoms in total. The highest BCUT2D eigenvalue weighted by molar-refractivity contribution is 6.30. The standard InChI is InChI=1S/C14H17ClO3/c1-9-6-11(15)3-5-13(9)18-12-4-2-10(7-12)8-14(16)17/h3,5-6,10,12H,2,4,7-8H2,1H3,(H,16,17). The van der Waals surface area contributed by atoms with E-state index in [1.807, 2.05) is 25.1 Å². The number of rotatable bonds is 4. The maximum absolute atomic E-state index is 10.7. The molecular weight excluding hydrogens is 252 g/mol. The summed E-state index contributed by atoms with van der Waals surface area (Å²) in [6, 6.07) is 5.57. The first-order valence-electron chi connectivity index (χ1n) is 6.19. The summed E-state index contributed by atoms with van der Waals surface area (Å²) >= 11 is 5.89. The third-order valence-corrected chi connectivity index (χ3v) is 3.62. The molecule has 1 aromatic rings. The summed E-state index contributed by atoms with van der Waals surface area (Å²) in [5.74, 6) is 0.379. The van der Waals surface area contributed by atoms with E-state index in [9.17, 15) is 4.79 Å². The van der Waals surface area contributed by atoms with Crippen molar-refractivity contribution in [2.45, 2.75) is 38.7 Å². The van der Waals surface area contributed by atoms with Crippen molar-refractivity contribution in [3.63, 3.8) is 0 Å². The Morgan fingerprint density at radius 2 is 2.28 bits per heavy atom. The summed E-state index contributed by atoms with van der Waals surface area (Å²) in [6.45, 7) is 1.96. The largest absolute Gasteiger partial charge is 0.490 e. The van der Waals surface area contributed by atoms with Crippen LogP contribution in [0.4, 0.5) is 0 Å². The van der Waals surface area contributed by atoms with Crippen molar-refractivity contribution < 1.29 is 14.6 Å². The molecule has 0 radical (unpaired) electrons. The van der Waals surface area contributed by atoms with E-state index in [4.69, 9.17) is 21.4 Å². The minimum absolute atomic E-state index is 0.134. The zero-order valence-corrected chi connectivity index (χ0v) is 11.1. The number of halogens is 1. The van der Waals surface area contributed by atoms with Crippen LogP contribution in [0.15, 0.2) is 18.2 Å². The number of aliphatic carboxylic acids is 1. The molecule has 0 heterocycles. The molecule has 2 atom stereocenters. The van der Waals surface area contributed by atoms with E-state index in [0.717, 1.165) is 30.6 Å². The number of carboxylic acid groups (broad SMARTS) is 1. The van der Waals surface area contributed by atoms with E-state index in [1.54, 1.807) is 0 Å². The zero-order chi connectivity index (χ0) is 13.1. The van der Waals surface area contributed by atoms with Crippen molar-refractivity contribution in [1.82, 2.24) is 0 Å². The van der Waals surface area contributed by atoms with Crippen molar-refractivity contribution in [2.75, 3.05) is 0 Å². The Balaban J connectivity index is 1.93. The summed E-state index contributed by atoms with van der Waals surface area (Å²) < 4.78 is 5.92. The Hall–Kier alpha value is -1.22. The fraction of sp³-hybridized carbons (Fsp3) is 0.500. The van der Waals surface area contributed by atoms with Gasteiger partial charge in [-0.25, -0.2) is 0 Å². The third-order valence-electron chi connectivity index (χ3n) is 3.39. The van der Waals surface area contributed by atoms with Gasteiger partial charge in [-0.2, -0.15) is 0 Å². The third kappa shape index (κ3) is 3.39. The zero-order valence-electron chi connectivity index (χ0n) is 10.4. The molecule has 4 heteroatoms. The van der Waals surface area contributed by atoms with Crippen molar-refractivity contribution in [1.29, 1.82) is 0 Å². The van der Waals surface area contributed by atoms with E-state index in [1.165, 1.54) is 0 Å². The van der Waals surface area contributed by atoms with Gasteiger partial charge in [0.1, 0.15) is 5.75 Å². The minimum Gasteiger partial charge on any atom is -0.490 e. The molecule has 1 aliphatic carbocycles. The first-order chi connectivity index (χ1) is 8.54. The van der Waals surface area contributed by atoms with Crippen LogP contribution in [0.5, 0.6) is 5.75 Å². The van der Waals surface area contributed by atoms with Gasteiger partial charge in [-0.3, -0.25) is 4.79 Å². The molecule has 0 amide bonds. The molecule has 0 aliphatic heterocycles. The topological polar surface area (TPSA) is 46.5 Å². The van der Waals surface area contributed by atoms with Gasteiger partial charge in [0.15, 0.2) is 0 Å². The van der Waals surface area contributed by atoms with Crippen molar-refractivity contribution >= 4 is 17.6 Å². The van der Waals surface area contributed by atoms with Gasteiger partial charge in [-0.1, -0.05) is 11.6 Å². The van der Waals surface area contributed by atoms with Crippen LogP contribution in [0.2, 0.25) is 5.02 Å². The summed E-state index contributed by atoms with van der Waals surface area (Å²) in [7, 11) is 0. The van der Waals surface area contributed by atoms with Crippen LogP contribution >= 0.6 is 11.6 Å². The smallest absolute Gasteiger partial charge is 0.303 e. The lowest BCUT2D eigenvalue weighted by molar-refractivity contribution is -0.138. The summed E-state index contributed by atoms with van der Waals surface area (Å²) in [6.07, 6.45) is 3.08. The van der Waals surface area contributed by atoms with Crippen LogP contribution in [-0.2, 0) is 4.79 Å². The second-order valence-corrected chi connectivity index (χ2v) is 5.36. The second-order valence-electron chi connectivity index (χ2n) is 4.93. The average molecular weight is 269 g/mol. The highest BCUT2D eigenvalue weighted by Crippen LogP contribution is 2.32. The number of carbonyl (C=O) groups is 1. The van der Waals surface area contributed by atoms with Crippen LogP contribution in [0.3, 0.4) is 0 Å². The van der Waals surface area contributed by atoms with E-state index < -0.39 is 5.97 Å². The number of hydrogen-bond acceptors (Lipinski definition) is 2. The van der Waals surface area contributed by atoms with Gasteiger partial charge in [-0.15, -0.1) is 0 Å². The average Bonchev–Trinajstić information content (AvgIpc) is 2.69. The Morgan fingerprint density at radius 1 is 1.50 bits per heavy atom. The molecule has 1 fully saturated rings. The second kappa shape index (κ2) is 5.61. The van der Waals surface area contributed by atoms with Crippen molar-refractivity contribution in [3.8, 4) is 5.75 Å². The lowest BCUT2D eigenvalue weighted by Crippen LogP contribution is -2.13. The molecule has 0 aromatic heterocycles. The van der Waals surface area contributed by atoms with Crippen LogP contribution in [0, 0.1) is 12.8 Å². The molecular formula is C14H17ClO3. The molecule has 0 spiro atoms. The Kier molecular flexibility index (Phi) is 4.12. The lowest BCUT2D eigenvalue weighted by atomic mass is 10.0. The SMILES string of the molecule is Cc1cc(Cl)ccc1OC1CCC(CC(=O)O)C1. The number of carboxylic acids is 1. The monoisotopic (exact) mass is 268 g/mol. The molecule has 98 valence electrons. The molecule has 2 unspecified atom stereocenters. The Labute approximate surface area is 112 Å². The van der Waals surface area contributed by atoms with Crippen LogP contribution < -0.4 is 4.74 Å². The minimum atomic E-state index is -0.719. The van der Waals surface area contributed by atoms with E-state index in [0.29, 0.717) is 5.02 Å². The number of hydrogen-bond donors (Lipinski definition) is 1. The highest BCUT2D eigenvalue weighted by atomic mass is 35.5. The van der Waals surface area contributed by atoms with Crippen LogP contribution in [0.25, 0.3) is 0 Å². The van der Waals surface area contributed by atoms with Crippen LogP contribution in [0.1, 0.15) is 31.2 Å². The van der Waals surface area contributed by atoms with E-state index in [-0.39, 0.29) is 18.4 Å².